The summed E-state index contributed by atoms with van der Waals surface area (Å²) in [5.41, 5.74) is -3.20. The molecule has 13 heteroatoms. The minimum absolute atomic E-state index is 0.0372. The lowest BCUT2D eigenvalue weighted by Gasteiger charge is -2.43. The smallest absolute Gasteiger partial charge is 0.416 e. The lowest BCUT2D eigenvalue weighted by atomic mass is 9.90. The van der Waals surface area contributed by atoms with Crippen LogP contribution in [0, 0.1) is 0 Å². The third-order valence-corrected chi connectivity index (χ3v) is 6.65. The molecule has 0 radical (unpaired) electrons. The van der Waals surface area contributed by atoms with Gasteiger partial charge >= 0.3 is 24.3 Å². The number of rotatable bonds is 9. The Kier molecular flexibility index (Phi) is 10.1. The van der Waals surface area contributed by atoms with E-state index in [1.807, 2.05) is 0 Å². The second-order valence-electron chi connectivity index (χ2n) is 10.2. The number of nitrogens with zero attached hydrogens (tertiary/aromatic N) is 2. The molecule has 0 aromatic heterocycles. The van der Waals surface area contributed by atoms with Crippen molar-refractivity contribution in [3.63, 3.8) is 0 Å². The fourth-order valence-corrected chi connectivity index (χ4v) is 4.91. The van der Waals surface area contributed by atoms with Crippen LogP contribution in [0.2, 0.25) is 0 Å². The number of carbonyl (C=O) groups is 3. The molecule has 2 atom stereocenters. The van der Waals surface area contributed by atoms with Crippen LogP contribution in [0.25, 0.3) is 0 Å². The van der Waals surface area contributed by atoms with E-state index in [0.29, 0.717) is 12.1 Å². The normalized spacial score (nSPS) is 18.0. The van der Waals surface area contributed by atoms with Crippen molar-refractivity contribution in [2.45, 2.75) is 63.7 Å². The number of carboxylic acids is 1. The van der Waals surface area contributed by atoms with Crippen LogP contribution in [0.4, 0.5) is 26.3 Å². The number of carbonyl (C=O) groups excluding carboxylic acids is 2. The summed E-state index contributed by atoms with van der Waals surface area (Å²) in [6.45, 7) is 2.33. The first-order chi connectivity index (χ1) is 19.0. The van der Waals surface area contributed by atoms with E-state index in [1.165, 1.54) is 9.80 Å². The molecule has 3 rings (SSSR count). The number of hydrogen-bond donors (Lipinski definition) is 1. The van der Waals surface area contributed by atoms with Crippen LogP contribution in [0.15, 0.2) is 48.5 Å². The van der Waals surface area contributed by atoms with Crippen molar-refractivity contribution >= 4 is 17.8 Å². The van der Waals surface area contributed by atoms with Crippen molar-refractivity contribution in [2.75, 3.05) is 19.6 Å². The number of amides is 1. The monoisotopic (exact) mass is 588 g/mol. The number of ether oxygens (including phenoxy) is 1. The summed E-state index contributed by atoms with van der Waals surface area (Å²) in [5.74, 6) is -2.86. The van der Waals surface area contributed by atoms with E-state index < -0.39 is 71.6 Å². The van der Waals surface area contributed by atoms with Gasteiger partial charge in [-0.2, -0.15) is 26.3 Å². The van der Waals surface area contributed by atoms with Crippen molar-refractivity contribution < 1.29 is 50.6 Å². The van der Waals surface area contributed by atoms with E-state index in [-0.39, 0.29) is 38.4 Å². The van der Waals surface area contributed by atoms with Gasteiger partial charge in [0.15, 0.2) is 0 Å². The molecule has 1 heterocycles. The quantitative estimate of drug-likeness (QED) is 0.317. The zero-order valence-electron chi connectivity index (χ0n) is 22.3. The highest BCUT2D eigenvalue weighted by Crippen LogP contribution is 2.37. The zero-order valence-corrected chi connectivity index (χ0v) is 22.3. The molecule has 1 fully saturated rings. The highest BCUT2D eigenvalue weighted by molar-refractivity contribution is 5.95. The Balaban J connectivity index is 1.96. The molecule has 1 aliphatic rings. The molecule has 0 bridgehead atoms. The third kappa shape index (κ3) is 8.94. The number of alkyl halides is 6. The van der Waals surface area contributed by atoms with Crippen LogP contribution >= 0.6 is 0 Å². The molecule has 224 valence electrons. The van der Waals surface area contributed by atoms with Crippen LogP contribution in [0.5, 0.6) is 0 Å². The summed E-state index contributed by atoms with van der Waals surface area (Å²) in [6.07, 6.45) is -10.2. The maximum atomic E-state index is 13.5. The number of benzene rings is 2. The summed E-state index contributed by atoms with van der Waals surface area (Å²) < 4.78 is 85.8. The Labute approximate surface area is 232 Å². The van der Waals surface area contributed by atoms with Gasteiger partial charge < -0.3 is 14.7 Å². The van der Waals surface area contributed by atoms with Gasteiger partial charge in [0.25, 0.3) is 5.91 Å². The summed E-state index contributed by atoms with van der Waals surface area (Å²) in [7, 11) is 0. The Morgan fingerprint density at radius 3 is 2.07 bits per heavy atom. The van der Waals surface area contributed by atoms with Gasteiger partial charge in [0.2, 0.25) is 0 Å². The molecule has 41 heavy (non-hydrogen) atoms. The highest BCUT2D eigenvalue weighted by Gasteiger charge is 2.40. The van der Waals surface area contributed by atoms with Gasteiger partial charge in [-0.05, 0) is 56.9 Å². The maximum absolute atomic E-state index is 13.5. The Bertz CT molecular complexity index is 1200. The zero-order chi connectivity index (χ0) is 30.5. The van der Waals surface area contributed by atoms with Gasteiger partial charge in [-0.15, -0.1) is 0 Å². The average molecular weight is 589 g/mol. The van der Waals surface area contributed by atoms with Crippen LogP contribution in [-0.4, -0.2) is 70.6 Å². The Morgan fingerprint density at radius 2 is 1.56 bits per heavy atom. The minimum atomic E-state index is -5.12. The number of carboxylic acid groups (broad SMARTS) is 1. The van der Waals surface area contributed by atoms with Crippen molar-refractivity contribution in [1.29, 1.82) is 0 Å². The predicted octanol–water partition coefficient (Wildman–Crippen LogP) is 5.28. The maximum Gasteiger partial charge on any atom is 0.416 e. The van der Waals surface area contributed by atoms with Crippen molar-refractivity contribution in [3.8, 4) is 0 Å². The molecule has 2 aromatic carbocycles. The molecule has 0 spiro atoms. The second kappa shape index (κ2) is 12.9. The topological polar surface area (TPSA) is 87.2 Å². The minimum Gasteiger partial charge on any atom is -0.480 e. The lowest BCUT2D eigenvalue weighted by Crippen LogP contribution is -2.54. The number of likely N-dealkylation sites (tertiary alicyclic amines) is 1. The van der Waals surface area contributed by atoms with E-state index in [1.54, 1.807) is 44.2 Å². The summed E-state index contributed by atoms with van der Waals surface area (Å²) in [4.78, 5) is 40.1. The first kappa shape index (κ1) is 31.9. The Morgan fingerprint density at radius 1 is 0.976 bits per heavy atom. The average Bonchev–Trinajstić information content (AvgIpc) is 2.86. The van der Waals surface area contributed by atoms with Gasteiger partial charge in [0.05, 0.1) is 30.3 Å². The van der Waals surface area contributed by atoms with Gasteiger partial charge in [0.1, 0.15) is 0 Å². The second-order valence-corrected chi connectivity index (χ2v) is 10.2. The van der Waals surface area contributed by atoms with E-state index >= 15 is 0 Å². The molecule has 1 amide bonds. The van der Waals surface area contributed by atoms with Crippen molar-refractivity contribution in [1.82, 2.24) is 9.80 Å². The first-order valence-corrected chi connectivity index (χ1v) is 12.8. The molecule has 1 aliphatic heterocycles. The molecule has 7 nitrogen and oxygen atoms in total. The van der Waals surface area contributed by atoms with Gasteiger partial charge in [-0.25, -0.2) is 0 Å². The molecule has 1 saturated heterocycles. The molecular weight excluding hydrogens is 558 g/mol. The highest BCUT2D eigenvalue weighted by atomic mass is 19.4. The van der Waals surface area contributed by atoms with Crippen molar-refractivity contribution in [2.24, 2.45) is 0 Å². The summed E-state index contributed by atoms with van der Waals surface area (Å²) in [6, 6.07) is 8.27. The third-order valence-electron chi connectivity index (χ3n) is 6.65. The molecule has 2 aromatic rings. The standard InChI is InChI=1S/C28H30F6N2O5/c1-17(2)41-25(39)16-35(15-24(37)38)22-8-9-36(23(14-22)10-18-6-4-3-5-7-18)26(40)19-11-20(27(29,30)31)13-21(12-19)28(32,33)34/h3-7,11-13,17,22-23H,8-10,14-16H2,1-2H3,(H,37,38)/t22-,23+/m0/s1. The number of hydrogen-bond acceptors (Lipinski definition) is 5. The van der Waals surface area contributed by atoms with Crippen LogP contribution < -0.4 is 0 Å². The van der Waals surface area contributed by atoms with Gasteiger partial charge in [0, 0.05) is 24.2 Å². The Hall–Kier alpha value is -3.61. The SMILES string of the molecule is CC(C)OC(=O)CN(CC(=O)O)[C@H]1CCN(C(=O)c2cc(C(F)(F)F)cc(C(F)(F)F)c2)[C@H](Cc2ccccc2)C1. The molecule has 0 saturated carbocycles. The van der Waals surface area contributed by atoms with E-state index in [0.717, 1.165) is 5.56 Å². The number of halogens is 6. The van der Waals surface area contributed by atoms with Gasteiger partial charge in [-0.3, -0.25) is 19.3 Å². The molecular formula is C28H30F6N2O5. The number of aliphatic carboxylic acids is 1. The van der Waals surface area contributed by atoms with Crippen LogP contribution in [0.1, 0.15) is 53.7 Å². The largest absolute Gasteiger partial charge is 0.480 e. The van der Waals surface area contributed by atoms with Crippen LogP contribution in [-0.2, 0) is 33.1 Å². The summed E-state index contributed by atoms with van der Waals surface area (Å²) in [5, 5.41) is 9.44. The van der Waals surface area contributed by atoms with Gasteiger partial charge in [-0.1, -0.05) is 30.3 Å². The number of esters is 1. The molecule has 1 N–H and O–H groups in total. The fourth-order valence-electron chi connectivity index (χ4n) is 4.91. The molecule has 0 unspecified atom stereocenters. The van der Waals surface area contributed by atoms with Crippen LogP contribution in [0.3, 0.4) is 0 Å². The lowest BCUT2D eigenvalue weighted by molar-refractivity contribution is -0.151. The molecule has 0 aliphatic carbocycles. The predicted molar refractivity (Wildman–Crippen MR) is 135 cm³/mol. The fraction of sp³-hybridized carbons (Fsp3) is 0.464. The van der Waals surface area contributed by atoms with E-state index in [2.05, 4.69) is 0 Å². The number of piperidine rings is 1. The van der Waals surface area contributed by atoms with Crippen molar-refractivity contribution in [3.05, 3.63) is 70.8 Å². The van der Waals surface area contributed by atoms with E-state index in [9.17, 15) is 45.8 Å². The summed E-state index contributed by atoms with van der Waals surface area (Å²) >= 11 is 0. The first-order valence-electron chi connectivity index (χ1n) is 12.8. The van der Waals surface area contributed by atoms with E-state index in [4.69, 9.17) is 4.74 Å².